The predicted octanol–water partition coefficient (Wildman–Crippen LogP) is 5.52. The minimum Gasteiger partial charge on any atom is -0.507 e. The molecular weight excluding hydrogens is 280 g/mol. The van der Waals surface area contributed by atoms with Gasteiger partial charge in [-0.25, -0.2) is 0 Å². The van der Waals surface area contributed by atoms with Gasteiger partial charge in [-0.3, -0.25) is 0 Å². The SMILES string of the molecule is CCc1ccc(-c2ccc(Cc3cccc(C)c3O)cc2)cc1. The fourth-order valence-corrected chi connectivity index (χ4v) is 2.83. The summed E-state index contributed by atoms with van der Waals surface area (Å²) in [6.07, 6.45) is 1.82. The second kappa shape index (κ2) is 6.70. The Morgan fingerprint density at radius 1 is 0.739 bits per heavy atom. The summed E-state index contributed by atoms with van der Waals surface area (Å²) in [6, 6.07) is 23.3. The van der Waals surface area contributed by atoms with Crippen LogP contribution in [0.2, 0.25) is 0 Å². The van der Waals surface area contributed by atoms with Gasteiger partial charge in [0.05, 0.1) is 0 Å². The van der Waals surface area contributed by atoms with Gasteiger partial charge < -0.3 is 5.11 Å². The number of aromatic hydroxyl groups is 1. The lowest BCUT2D eigenvalue weighted by molar-refractivity contribution is 0.465. The first kappa shape index (κ1) is 15.4. The monoisotopic (exact) mass is 302 g/mol. The van der Waals surface area contributed by atoms with Crippen molar-refractivity contribution < 1.29 is 5.11 Å². The van der Waals surface area contributed by atoms with Crippen molar-refractivity contribution in [1.82, 2.24) is 0 Å². The van der Waals surface area contributed by atoms with E-state index in [-0.39, 0.29) is 0 Å². The standard InChI is InChI=1S/C22H22O/c1-3-17-7-11-19(12-8-17)20-13-9-18(10-14-20)15-21-6-4-5-16(2)22(21)23/h4-14,23H,3,15H2,1-2H3. The zero-order valence-corrected chi connectivity index (χ0v) is 13.7. The highest BCUT2D eigenvalue weighted by molar-refractivity contribution is 5.64. The maximum absolute atomic E-state index is 10.1. The van der Waals surface area contributed by atoms with E-state index in [1.807, 2.05) is 25.1 Å². The number of rotatable bonds is 4. The van der Waals surface area contributed by atoms with E-state index in [1.54, 1.807) is 0 Å². The fraction of sp³-hybridized carbons (Fsp3) is 0.182. The molecule has 0 radical (unpaired) electrons. The fourth-order valence-electron chi connectivity index (χ4n) is 2.83. The largest absolute Gasteiger partial charge is 0.507 e. The molecule has 1 heteroatoms. The van der Waals surface area contributed by atoms with Crippen LogP contribution >= 0.6 is 0 Å². The summed E-state index contributed by atoms with van der Waals surface area (Å²) in [6.45, 7) is 4.10. The lowest BCUT2D eigenvalue weighted by Crippen LogP contribution is -1.90. The van der Waals surface area contributed by atoms with Crippen molar-refractivity contribution in [2.24, 2.45) is 0 Å². The zero-order valence-electron chi connectivity index (χ0n) is 13.7. The van der Waals surface area contributed by atoms with E-state index in [2.05, 4.69) is 55.5 Å². The van der Waals surface area contributed by atoms with Gasteiger partial charge in [-0.1, -0.05) is 73.7 Å². The third kappa shape index (κ3) is 3.45. The Labute approximate surface area is 138 Å². The highest BCUT2D eigenvalue weighted by atomic mass is 16.3. The molecule has 0 saturated heterocycles. The Morgan fingerprint density at radius 3 is 1.87 bits per heavy atom. The van der Waals surface area contributed by atoms with Crippen LogP contribution in [0, 0.1) is 6.92 Å². The molecule has 0 unspecified atom stereocenters. The molecule has 0 amide bonds. The summed E-state index contributed by atoms with van der Waals surface area (Å²) in [5.41, 5.74) is 6.94. The Kier molecular flexibility index (Phi) is 4.47. The van der Waals surface area contributed by atoms with Gasteiger partial charge >= 0.3 is 0 Å². The van der Waals surface area contributed by atoms with Crippen molar-refractivity contribution >= 4 is 0 Å². The average molecular weight is 302 g/mol. The summed E-state index contributed by atoms with van der Waals surface area (Å²) in [5.74, 6) is 0.409. The molecule has 0 aromatic heterocycles. The Bertz CT molecular complexity index is 783. The molecule has 1 N–H and O–H groups in total. The van der Waals surface area contributed by atoms with E-state index >= 15 is 0 Å². The number of hydrogen-bond acceptors (Lipinski definition) is 1. The van der Waals surface area contributed by atoms with Crippen molar-refractivity contribution in [3.63, 3.8) is 0 Å². The first-order valence-corrected chi connectivity index (χ1v) is 8.13. The number of hydrogen-bond donors (Lipinski definition) is 1. The molecule has 3 rings (SSSR count). The summed E-state index contributed by atoms with van der Waals surface area (Å²) in [4.78, 5) is 0. The quantitative estimate of drug-likeness (QED) is 0.672. The van der Waals surface area contributed by atoms with Crippen LogP contribution in [0.15, 0.2) is 66.7 Å². The maximum Gasteiger partial charge on any atom is 0.122 e. The molecule has 3 aromatic carbocycles. The van der Waals surface area contributed by atoms with Crippen molar-refractivity contribution in [3.05, 3.63) is 89.0 Å². The van der Waals surface area contributed by atoms with Crippen LogP contribution in [0.25, 0.3) is 11.1 Å². The van der Waals surface area contributed by atoms with Gasteiger partial charge in [-0.15, -0.1) is 0 Å². The highest BCUT2D eigenvalue weighted by Gasteiger charge is 2.05. The minimum absolute atomic E-state index is 0.409. The van der Waals surface area contributed by atoms with E-state index < -0.39 is 0 Å². The van der Waals surface area contributed by atoms with Gasteiger partial charge in [0.25, 0.3) is 0 Å². The minimum atomic E-state index is 0.409. The lowest BCUT2D eigenvalue weighted by Gasteiger charge is -2.08. The second-order valence-corrected chi connectivity index (χ2v) is 6.01. The molecule has 0 heterocycles. The van der Waals surface area contributed by atoms with Crippen LogP contribution in [0.1, 0.15) is 29.2 Å². The molecule has 0 saturated carbocycles. The van der Waals surface area contributed by atoms with Gasteiger partial charge in [0.1, 0.15) is 5.75 Å². The summed E-state index contributed by atoms with van der Waals surface area (Å²) < 4.78 is 0. The molecule has 0 spiro atoms. The van der Waals surface area contributed by atoms with Crippen LogP contribution in [0.4, 0.5) is 0 Å². The van der Waals surface area contributed by atoms with Crippen LogP contribution < -0.4 is 0 Å². The normalized spacial score (nSPS) is 10.7. The summed E-state index contributed by atoms with van der Waals surface area (Å²) in [7, 11) is 0. The molecule has 0 atom stereocenters. The van der Waals surface area contributed by atoms with Crippen LogP contribution in [0.3, 0.4) is 0 Å². The van der Waals surface area contributed by atoms with Crippen LogP contribution in [-0.4, -0.2) is 5.11 Å². The molecule has 0 aliphatic heterocycles. The molecule has 116 valence electrons. The summed E-state index contributed by atoms with van der Waals surface area (Å²) in [5, 5.41) is 10.1. The third-order valence-corrected chi connectivity index (χ3v) is 4.37. The van der Waals surface area contributed by atoms with Crippen LogP contribution in [-0.2, 0) is 12.8 Å². The predicted molar refractivity (Wildman–Crippen MR) is 96.9 cm³/mol. The smallest absolute Gasteiger partial charge is 0.122 e. The lowest BCUT2D eigenvalue weighted by atomic mass is 9.98. The van der Waals surface area contributed by atoms with Crippen molar-refractivity contribution in [2.75, 3.05) is 0 Å². The van der Waals surface area contributed by atoms with Gasteiger partial charge in [-0.05, 0) is 46.7 Å². The van der Waals surface area contributed by atoms with E-state index in [0.717, 1.165) is 24.0 Å². The Balaban J connectivity index is 1.80. The average Bonchev–Trinajstić information content (AvgIpc) is 2.60. The van der Waals surface area contributed by atoms with Gasteiger partial charge in [0, 0.05) is 6.42 Å². The van der Waals surface area contributed by atoms with E-state index in [9.17, 15) is 5.11 Å². The first-order valence-electron chi connectivity index (χ1n) is 8.13. The number of phenols is 1. The number of para-hydroxylation sites is 1. The number of phenolic OH excluding ortho intramolecular Hbond substituents is 1. The van der Waals surface area contributed by atoms with Gasteiger partial charge in [0.2, 0.25) is 0 Å². The summed E-state index contributed by atoms with van der Waals surface area (Å²) >= 11 is 0. The highest BCUT2D eigenvalue weighted by Crippen LogP contribution is 2.26. The van der Waals surface area contributed by atoms with E-state index in [1.165, 1.54) is 22.3 Å². The molecule has 0 aliphatic carbocycles. The van der Waals surface area contributed by atoms with Crippen molar-refractivity contribution in [1.29, 1.82) is 0 Å². The van der Waals surface area contributed by atoms with Gasteiger partial charge in [-0.2, -0.15) is 0 Å². The molecule has 1 nitrogen and oxygen atoms in total. The molecular formula is C22H22O. The van der Waals surface area contributed by atoms with E-state index in [0.29, 0.717) is 5.75 Å². The topological polar surface area (TPSA) is 20.2 Å². The molecule has 23 heavy (non-hydrogen) atoms. The molecule has 0 fully saturated rings. The second-order valence-electron chi connectivity index (χ2n) is 6.01. The first-order chi connectivity index (χ1) is 11.2. The molecule has 0 bridgehead atoms. The van der Waals surface area contributed by atoms with Crippen LogP contribution in [0.5, 0.6) is 5.75 Å². The number of benzene rings is 3. The van der Waals surface area contributed by atoms with Gasteiger partial charge in [0.15, 0.2) is 0 Å². The number of aryl methyl sites for hydroxylation is 2. The van der Waals surface area contributed by atoms with Crippen molar-refractivity contribution in [3.8, 4) is 16.9 Å². The third-order valence-electron chi connectivity index (χ3n) is 4.37. The maximum atomic E-state index is 10.1. The van der Waals surface area contributed by atoms with Crippen molar-refractivity contribution in [2.45, 2.75) is 26.7 Å². The molecule has 0 aliphatic rings. The van der Waals surface area contributed by atoms with E-state index in [4.69, 9.17) is 0 Å². The molecule has 3 aromatic rings. The Hall–Kier alpha value is -2.54. The zero-order chi connectivity index (χ0) is 16.2. The Morgan fingerprint density at radius 2 is 1.30 bits per heavy atom.